The van der Waals surface area contributed by atoms with Crippen LogP contribution in [0.1, 0.15) is 79.9 Å². The van der Waals surface area contributed by atoms with E-state index in [2.05, 4.69) is 25.6 Å². The van der Waals surface area contributed by atoms with E-state index in [1.807, 2.05) is 48.5 Å². The first kappa shape index (κ1) is 30.6. The Bertz CT molecular complexity index is 1280. The number of carbonyl (C=O) groups is 1. The molecule has 41 heavy (non-hydrogen) atoms. The second-order valence-electron chi connectivity index (χ2n) is 10.8. The van der Waals surface area contributed by atoms with Crippen molar-refractivity contribution in [2.75, 3.05) is 26.4 Å². The van der Waals surface area contributed by atoms with Gasteiger partial charge in [-0.3, -0.25) is 0 Å². The molecule has 0 spiro atoms. The van der Waals surface area contributed by atoms with Gasteiger partial charge in [-0.2, -0.15) is 0 Å². The Hall–Kier alpha value is -3.32. The standard InChI is InChI=1S/C35H41FO5/c1-4-5-6-7-25-8-10-27(11-9-25)32-17-16-29(20-33(32)36)31-22-40-35(41-23-31)28-14-12-26(13-15-28)30(18-19-37)21-39-34(38)24(2)3/h8-17,20,30-31,35,37H,2,4-7,18-19,21-23H2,1,3H3. The first-order valence-corrected chi connectivity index (χ1v) is 14.5. The topological polar surface area (TPSA) is 65.0 Å². The van der Waals surface area contributed by atoms with Gasteiger partial charge in [0.05, 0.1) is 19.8 Å². The molecule has 3 aromatic carbocycles. The van der Waals surface area contributed by atoms with Gasteiger partial charge < -0.3 is 19.3 Å². The zero-order chi connectivity index (χ0) is 29.2. The summed E-state index contributed by atoms with van der Waals surface area (Å²) >= 11 is 0. The molecule has 0 radical (unpaired) electrons. The number of aliphatic hydroxyl groups is 1. The first-order valence-electron chi connectivity index (χ1n) is 14.5. The smallest absolute Gasteiger partial charge is 0.333 e. The largest absolute Gasteiger partial charge is 0.462 e. The van der Waals surface area contributed by atoms with E-state index in [0.29, 0.717) is 30.8 Å². The van der Waals surface area contributed by atoms with E-state index in [-0.39, 0.29) is 30.9 Å². The normalized spacial score (nSPS) is 17.7. The van der Waals surface area contributed by atoms with Crippen molar-refractivity contribution >= 4 is 5.97 Å². The summed E-state index contributed by atoms with van der Waals surface area (Å²) in [4.78, 5) is 11.8. The predicted molar refractivity (Wildman–Crippen MR) is 159 cm³/mol. The van der Waals surface area contributed by atoms with Gasteiger partial charge in [0.1, 0.15) is 5.82 Å². The van der Waals surface area contributed by atoms with Gasteiger partial charge in [-0.1, -0.05) is 87.0 Å². The van der Waals surface area contributed by atoms with Crippen LogP contribution in [0.15, 0.2) is 78.9 Å². The maximum atomic E-state index is 15.1. The molecule has 0 bridgehead atoms. The van der Waals surface area contributed by atoms with Crippen molar-refractivity contribution in [3.8, 4) is 11.1 Å². The molecule has 1 fully saturated rings. The van der Waals surface area contributed by atoms with Gasteiger partial charge in [-0.15, -0.1) is 0 Å². The summed E-state index contributed by atoms with van der Waals surface area (Å²) in [6.45, 7) is 8.40. The number of hydrogen-bond acceptors (Lipinski definition) is 5. The molecule has 1 N–H and O–H groups in total. The maximum absolute atomic E-state index is 15.1. The van der Waals surface area contributed by atoms with Crippen LogP contribution in [0.25, 0.3) is 11.1 Å². The van der Waals surface area contributed by atoms with Crippen LogP contribution in [0.3, 0.4) is 0 Å². The number of unbranched alkanes of at least 4 members (excludes halogenated alkanes) is 2. The van der Waals surface area contributed by atoms with Gasteiger partial charge >= 0.3 is 5.97 Å². The SMILES string of the molecule is C=C(C)C(=O)OCC(CCO)c1ccc(C2OCC(c3ccc(-c4ccc(CCCCC)cc4)c(F)c3)CO2)cc1. The van der Waals surface area contributed by atoms with E-state index in [1.54, 1.807) is 13.0 Å². The lowest BCUT2D eigenvalue weighted by Gasteiger charge is -2.30. The Morgan fingerprint density at radius 2 is 1.71 bits per heavy atom. The zero-order valence-electron chi connectivity index (χ0n) is 24.1. The van der Waals surface area contributed by atoms with Gasteiger partial charge in [-0.05, 0) is 54.5 Å². The van der Waals surface area contributed by atoms with Crippen molar-refractivity contribution in [3.63, 3.8) is 0 Å². The van der Waals surface area contributed by atoms with Crippen LogP contribution in [0, 0.1) is 5.82 Å². The summed E-state index contributed by atoms with van der Waals surface area (Å²) in [7, 11) is 0. The second-order valence-corrected chi connectivity index (χ2v) is 10.8. The van der Waals surface area contributed by atoms with Gasteiger partial charge in [0.25, 0.3) is 0 Å². The molecule has 4 rings (SSSR count). The Morgan fingerprint density at radius 1 is 1.02 bits per heavy atom. The number of aryl methyl sites for hydroxylation is 1. The van der Waals surface area contributed by atoms with E-state index in [1.165, 1.54) is 24.8 Å². The summed E-state index contributed by atoms with van der Waals surface area (Å²) in [5.41, 5.74) is 5.78. The first-order chi connectivity index (χ1) is 19.9. The van der Waals surface area contributed by atoms with Crippen LogP contribution in [0.4, 0.5) is 4.39 Å². The number of halogens is 1. The fourth-order valence-electron chi connectivity index (χ4n) is 5.06. The van der Waals surface area contributed by atoms with E-state index in [0.717, 1.165) is 28.7 Å². The number of hydrogen-bond donors (Lipinski definition) is 1. The van der Waals surface area contributed by atoms with Crippen LogP contribution in [-0.4, -0.2) is 37.5 Å². The number of carbonyl (C=O) groups excluding carboxylic acids is 1. The Kier molecular flexibility index (Phi) is 11.3. The average Bonchev–Trinajstić information content (AvgIpc) is 3.00. The number of ether oxygens (including phenoxy) is 3. The molecule has 0 aromatic heterocycles. The van der Waals surface area contributed by atoms with E-state index < -0.39 is 12.3 Å². The molecule has 218 valence electrons. The highest BCUT2D eigenvalue weighted by molar-refractivity contribution is 5.86. The molecule has 1 saturated heterocycles. The van der Waals surface area contributed by atoms with Gasteiger partial charge in [0.2, 0.25) is 0 Å². The molecule has 0 saturated carbocycles. The molecule has 3 aromatic rings. The summed E-state index contributed by atoms with van der Waals surface area (Å²) in [6.07, 6.45) is 4.61. The molecule has 1 aliphatic heterocycles. The molecular formula is C35H41FO5. The molecule has 1 atom stereocenters. The highest BCUT2D eigenvalue weighted by Crippen LogP contribution is 2.33. The average molecular weight is 561 g/mol. The maximum Gasteiger partial charge on any atom is 0.333 e. The van der Waals surface area contributed by atoms with Crippen molar-refractivity contribution in [2.24, 2.45) is 0 Å². The minimum Gasteiger partial charge on any atom is -0.462 e. The lowest BCUT2D eigenvalue weighted by atomic mass is 9.94. The predicted octanol–water partition coefficient (Wildman–Crippen LogP) is 7.64. The lowest BCUT2D eigenvalue weighted by Crippen LogP contribution is -2.25. The van der Waals surface area contributed by atoms with Gasteiger partial charge in [0.15, 0.2) is 6.29 Å². The fourth-order valence-corrected chi connectivity index (χ4v) is 5.06. The Labute approximate surface area is 243 Å². The second kappa shape index (κ2) is 15.1. The highest BCUT2D eigenvalue weighted by Gasteiger charge is 2.26. The number of esters is 1. The number of benzene rings is 3. The van der Waals surface area contributed by atoms with Gasteiger partial charge in [0, 0.05) is 35.1 Å². The molecule has 6 heteroatoms. The quantitative estimate of drug-likeness (QED) is 0.132. The van der Waals surface area contributed by atoms with Crippen LogP contribution >= 0.6 is 0 Å². The van der Waals surface area contributed by atoms with Crippen LogP contribution in [0.5, 0.6) is 0 Å². The number of aliphatic hydroxyl groups excluding tert-OH is 1. The molecular weight excluding hydrogens is 519 g/mol. The van der Waals surface area contributed by atoms with Crippen molar-refractivity contribution in [3.05, 3.63) is 107 Å². The van der Waals surface area contributed by atoms with Crippen molar-refractivity contribution in [2.45, 2.75) is 64.1 Å². The van der Waals surface area contributed by atoms with Crippen molar-refractivity contribution < 1.29 is 28.5 Å². The molecule has 1 unspecified atom stereocenters. The Balaban J connectivity index is 1.33. The summed E-state index contributed by atoms with van der Waals surface area (Å²) in [5, 5.41) is 9.46. The van der Waals surface area contributed by atoms with Gasteiger partial charge in [-0.25, -0.2) is 9.18 Å². The summed E-state index contributed by atoms with van der Waals surface area (Å²) in [5.74, 6) is -0.877. The zero-order valence-corrected chi connectivity index (χ0v) is 24.1. The van der Waals surface area contributed by atoms with Crippen LogP contribution in [-0.2, 0) is 25.4 Å². The molecule has 0 amide bonds. The summed E-state index contributed by atoms with van der Waals surface area (Å²) < 4.78 is 32.5. The van der Waals surface area contributed by atoms with Crippen molar-refractivity contribution in [1.82, 2.24) is 0 Å². The lowest BCUT2D eigenvalue weighted by molar-refractivity contribution is -0.191. The molecule has 1 heterocycles. The van der Waals surface area contributed by atoms with Crippen LogP contribution < -0.4 is 0 Å². The minimum absolute atomic E-state index is 0.0136. The van der Waals surface area contributed by atoms with E-state index in [9.17, 15) is 9.90 Å². The third kappa shape index (κ3) is 8.35. The van der Waals surface area contributed by atoms with Crippen LogP contribution in [0.2, 0.25) is 0 Å². The number of rotatable bonds is 13. The van der Waals surface area contributed by atoms with Crippen molar-refractivity contribution in [1.29, 1.82) is 0 Å². The minimum atomic E-state index is -0.516. The fraction of sp³-hybridized carbons (Fsp3) is 0.400. The third-order valence-electron chi connectivity index (χ3n) is 7.62. The summed E-state index contributed by atoms with van der Waals surface area (Å²) in [6, 6.07) is 21.3. The van der Waals surface area contributed by atoms with E-state index >= 15 is 4.39 Å². The Morgan fingerprint density at radius 3 is 2.32 bits per heavy atom. The highest BCUT2D eigenvalue weighted by atomic mass is 19.1. The third-order valence-corrected chi connectivity index (χ3v) is 7.62. The monoisotopic (exact) mass is 560 g/mol. The molecule has 1 aliphatic rings. The molecule has 0 aliphatic carbocycles. The van der Waals surface area contributed by atoms with E-state index in [4.69, 9.17) is 14.2 Å². The molecule has 5 nitrogen and oxygen atoms in total.